The van der Waals surface area contributed by atoms with Crippen molar-refractivity contribution in [2.45, 2.75) is 44.9 Å². The molecule has 1 aromatic rings. The Morgan fingerprint density at radius 2 is 2.40 bits per heavy atom. The molecule has 1 aliphatic rings. The minimum absolute atomic E-state index is 0.0734. The van der Waals surface area contributed by atoms with E-state index in [-0.39, 0.29) is 18.1 Å². The van der Waals surface area contributed by atoms with Crippen LogP contribution in [0.1, 0.15) is 44.0 Å². The number of hydrogen-bond acceptors (Lipinski definition) is 6. The standard InChI is InChI=1S/C13H22N4O3/c1-9(19-3)12-15-11(20-16-12)8-17(2)13(18)10-6-4-5-7-14-10/h9-10,14H,4-8H2,1-3H3. The minimum Gasteiger partial charge on any atom is -0.374 e. The fourth-order valence-corrected chi connectivity index (χ4v) is 2.21. The second kappa shape index (κ2) is 6.81. The van der Waals surface area contributed by atoms with E-state index in [9.17, 15) is 4.79 Å². The molecule has 1 saturated heterocycles. The third kappa shape index (κ3) is 3.55. The molecule has 0 saturated carbocycles. The van der Waals surface area contributed by atoms with E-state index in [1.54, 1.807) is 19.1 Å². The molecule has 7 heteroatoms. The molecule has 1 fully saturated rings. The van der Waals surface area contributed by atoms with Gasteiger partial charge in [-0.2, -0.15) is 4.98 Å². The van der Waals surface area contributed by atoms with Crippen LogP contribution in [-0.2, 0) is 16.1 Å². The first-order valence-corrected chi connectivity index (χ1v) is 6.95. The molecule has 7 nitrogen and oxygen atoms in total. The van der Waals surface area contributed by atoms with E-state index in [4.69, 9.17) is 9.26 Å². The zero-order chi connectivity index (χ0) is 14.5. The Hall–Kier alpha value is -1.47. The second-order valence-corrected chi connectivity index (χ2v) is 5.12. The van der Waals surface area contributed by atoms with E-state index in [1.165, 1.54) is 0 Å². The second-order valence-electron chi connectivity index (χ2n) is 5.12. The van der Waals surface area contributed by atoms with Crippen LogP contribution in [0.25, 0.3) is 0 Å². The molecule has 0 aliphatic carbocycles. The van der Waals surface area contributed by atoms with E-state index in [2.05, 4.69) is 15.5 Å². The highest BCUT2D eigenvalue weighted by Crippen LogP contribution is 2.14. The number of likely N-dealkylation sites (N-methyl/N-ethyl adjacent to an activating group) is 1. The fourth-order valence-electron chi connectivity index (χ4n) is 2.21. The number of nitrogens with zero attached hydrogens (tertiary/aromatic N) is 3. The Morgan fingerprint density at radius 1 is 1.60 bits per heavy atom. The molecule has 2 heterocycles. The average molecular weight is 282 g/mol. The normalized spacial score (nSPS) is 20.6. The van der Waals surface area contributed by atoms with Crippen LogP contribution in [0.5, 0.6) is 0 Å². The number of carbonyl (C=O) groups is 1. The zero-order valence-electron chi connectivity index (χ0n) is 12.3. The van der Waals surface area contributed by atoms with Crippen molar-refractivity contribution in [1.29, 1.82) is 0 Å². The van der Waals surface area contributed by atoms with Crippen molar-refractivity contribution >= 4 is 5.91 Å². The number of carbonyl (C=O) groups excluding carboxylic acids is 1. The van der Waals surface area contributed by atoms with Gasteiger partial charge in [-0.15, -0.1) is 0 Å². The van der Waals surface area contributed by atoms with Gasteiger partial charge in [0.15, 0.2) is 5.82 Å². The maximum absolute atomic E-state index is 12.2. The summed E-state index contributed by atoms with van der Waals surface area (Å²) in [6.45, 7) is 3.07. The largest absolute Gasteiger partial charge is 0.374 e. The van der Waals surface area contributed by atoms with E-state index < -0.39 is 0 Å². The highest BCUT2D eigenvalue weighted by Gasteiger charge is 2.25. The van der Waals surface area contributed by atoms with Crippen molar-refractivity contribution in [2.75, 3.05) is 20.7 Å². The summed E-state index contributed by atoms with van der Waals surface area (Å²) in [5.41, 5.74) is 0. The summed E-state index contributed by atoms with van der Waals surface area (Å²) in [4.78, 5) is 18.1. The van der Waals surface area contributed by atoms with E-state index in [0.29, 0.717) is 18.3 Å². The lowest BCUT2D eigenvalue weighted by Gasteiger charge is -2.26. The van der Waals surface area contributed by atoms with Crippen LogP contribution in [0.15, 0.2) is 4.52 Å². The van der Waals surface area contributed by atoms with Gasteiger partial charge in [0.1, 0.15) is 6.10 Å². The lowest BCUT2D eigenvalue weighted by molar-refractivity contribution is -0.133. The number of methoxy groups -OCH3 is 1. The van der Waals surface area contributed by atoms with Crippen LogP contribution in [0, 0.1) is 0 Å². The number of aromatic nitrogens is 2. The molecule has 1 N–H and O–H groups in total. The highest BCUT2D eigenvalue weighted by molar-refractivity contribution is 5.81. The number of amides is 1. The summed E-state index contributed by atoms with van der Waals surface area (Å²) in [5, 5.41) is 7.09. The van der Waals surface area contributed by atoms with Crippen molar-refractivity contribution in [1.82, 2.24) is 20.4 Å². The minimum atomic E-state index is -0.214. The summed E-state index contributed by atoms with van der Waals surface area (Å²) in [6.07, 6.45) is 2.90. The number of nitrogens with one attached hydrogen (secondary N) is 1. The summed E-state index contributed by atoms with van der Waals surface area (Å²) >= 11 is 0. The predicted octanol–water partition coefficient (Wildman–Crippen LogP) is 0.877. The molecule has 2 unspecified atom stereocenters. The van der Waals surface area contributed by atoms with Gasteiger partial charge >= 0.3 is 0 Å². The van der Waals surface area contributed by atoms with Crippen molar-refractivity contribution < 1.29 is 14.1 Å². The van der Waals surface area contributed by atoms with Crippen LogP contribution in [0.3, 0.4) is 0 Å². The molecule has 2 rings (SSSR count). The van der Waals surface area contributed by atoms with Gasteiger partial charge in [-0.3, -0.25) is 4.79 Å². The first kappa shape index (κ1) is 14.9. The molecule has 1 aromatic heterocycles. The molecular formula is C13H22N4O3. The molecule has 0 radical (unpaired) electrons. The van der Waals surface area contributed by atoms with Crippen molar-refractivity contribution in [3.05, 3.63) is 11.7 Å². The lowest BCUT2D eigenvalue weighted by Crippen LogP contribution is -2.47. The van der Waals surface area contributed by atoms with Gasteiger partial charge in [0.2, 0.25) is 11.8 Å². The Balaban J connectivity index is 1.91. The fraction of sp³-hybridized carbons (Fsp3) is 0.769. The molecule has 1 amide bonds. The lowest BCUT2D eigenvalue weighted by atomic mass is 10.0. The van der Waals surface area contributed by atoms with Gasteiger partial charge < -0.3 is 19.5 Å². The number of rotatable bonds is 5. The van der Waals surface area contributed by atoms with Crippen molar-refractivity contribution in [2.24, 2.45) is 0 Å². The highest BCUT2D eigenvalue weighted by atomic mass is 16.5. The van der Waals surface area contributed by atoms with Crippen LogP contribution < -0.4 is 5.32 Å². The molecule has 112 valence electrons. The SMILES string of the molecule is COC(C)c1noc(CN(C)C(=O)C2CCCCN2)n1. The third-order valence-corrected chi connectivity index (χ3v) is 3.56. The monoisotopic (exact) mass is 282 g/mol. The molecule has 0 spiro atoms. The van der Waals surface area contributed by atoms with E-state index in [0.717, 1.165) is 25.8 Å². The van der Waals surface area contributed by atoms with Crippen molar-refractivity contribution in [3.8, 4) is 0 Å². The average Bonchev–Trinajstić information content (AvgIpc) is 2.95. The van der Waals surface area contributed by atoms with Gasteiger partial charge in [0.05, 0.1) is 12.6 Å². The Bertz CT molecular complexity index is 443. The third-order valence-electron chi connectivity index (χ3n) is 3.56. The van der Waals surface area contributed by atoms with Crippen LogP contribution >= 0.6 is 0 Å². The topological polar surface area (TPSA) is 80.5 Å². The summed E-state index contributed by atoms with van der Waals surface area (Å²) in [6, 6.07) is -0.0889. The molecule has 1 aliphatic heterocycles. The number of piperidine rings is 1. The molecule has 0 bridgehead atoms. The summed E-state index contributed by atoms with van der Waals surface area (Å²) in [5.74, 6) is 0.999. The van der Waals surface area contributed by atoms with Crippen LogP contribution in [-0.4, -0.2) is 47.7 Å². The van der Waals surface area contributed by atoms with E-state index in [1.807, 2.05) is 6.92 Å². The quantitative estimate of drug-likeness (QED) is 0.863. The van der Waals surface area contributed by atoms with Gasteiger partial charge in [-0.25, -0.2) is 0 Å². The molecule has 0 aromatic carbocycles. The van der Waals surface area contributed by atoms with Crippen LogP contribution in [0.4, 0.5) is 0 Å². The van der Waals surface area contributed by atoms with Gasteiger partial charge in [0.25, 0.3) is 0 Å². The van der Waals surface area contributed by atoms with Gasteiger partial charge in [-0.1, -0.05) is 11.6 Å². The molecule has 2 atom stereocenters. The summed E-state index contributed by atoms with van der Waals surface area (Å²) < 4.78 is 10.3. The molecular weight excluding hydrogens is 260 g/mol. The first-order chi connectivity index (χ1) is 9.61. The van der Waals surface area contributed by atoms with E-state index >= 15 is 0 Å². The smallest absolute Gasteiger partial charge is 0.246 e. The molecule has 20 heavy (non-hydrogen) atoms. The Kier molecular flexibility index (Phi) is 5.08. The van der Waals surface area contributed by atoms with Crippen molar-refractivity contribution in [3.63, 3.8) is 0 Å². The Labute approximate surface area is 118 Å². The maximum atomic E-state index is 12.2. The summed E-state index contributed by atoms with van der Waals surface area (Å²) in [7, 11) is 3.34. The maximum Gasteiger partial charge on any atom is 0.246 e. The number of ether oxygens (including phenoxy) is 1. The van der Waals surface area contributed by atoms with Gasteiger partial charge in [-0.05, 0) is 26.3 Å². The zero-order valence-corrected chi connectivity index (χ0v) is 12.3. The predicted molar refractivity (Wildman–Crippen MR) is 71.8 cm³/mol. The Morgan fingerprint density at radius 3 is 3.05 bits per heavy atom. The first-order valence-electron chi connectivity index (χ1n) is 6.95. The van der Waals surface area contributed by atoms with Crippen LogP contribution in [0.2, 0.25) is 0 Å². The van der Waals surface area contributed by atoms with Gasteiger partial charge in [0, 0.05) is 14.2 Å². The number of hydrogen-bond donors (Lipinski definition) is 1.